The molecule has 98 valence electrons. The second-order valence-corrected chi connectivity index (χ2v) is 4.64. The summed E-state index contributed by atoms with van der Waals surface area (Å²) in [4.78, 5) is 35.7. The van der Waals surface area contributed by atoms with Gasteiger partial charge in [-0.25, -0.2) is 4.79 Å². The van der Waals surface area contributed by atoms with E-state index in [-0.39, 0.29) is 6.42 Å². The number of benzene rings is 1. The first-order valence-electron chi connectivity index (χ1n) is 5.83. The van der Waals surface area contributed by atoms with E-state index in [1.807, 2.05) is 0 Å². The van der Waals surface area contributed by atoms with E-state index in [9.17, 15) is 14.4 Å². The Hall–Kier alpha value is -2.43. The molecule has 0 aliphatic carbocycles. The molecule has 0 radical (unpaired) electrons. The number of nitrogens with one attached hydrogen (secondary N) is 2. The molecule has 0 bridgehead atoms. The van der Waals surface area contributed by atoms with Crippen LogP contribution in [0.25, 0.3) is 0 Å². The van der Waals surface area contributed by atoms with Gasteiger partial charge in [-0.05, 0) is 18.9 Å². The Bertz CT molecular complexity index is 543. The lowest BCUT2D eigenvalue weighted by Crippen LogP contribution is -2.64. The summed E-state index contributed by atoms with van der Waals surface area (Å²) in [5, 5.41) is 4.31. The Labute approximate surface area is 110 Å². The molecule has 2 rings (SSSR count). The third-order valence-electron chi connectivity index (χ3n) is 3.06. The van der Waals surface area contributed by atoms with Crippen LogP contribution < -0.4 is 10.6 Å². The average Bonchev–Trinajstić information content (AvgIpc) is 2.34. The monoisotopic (exact) mass is 258 g/mol. The van der Waals surface area contributed by atoms with Gasteiger partial charge in [0.15, 0.2) is 5.41 Å². The summed E-state index contributed by atoms with van der Waals surface area (Å²) in [5.74, 6) is -1.23. The smallest absolute Gasteiger partial charge is 0.277 e. The van der Waals surface area contributed by atoms with Gasteiger partial charge in [-0.1, -0.05) is 35.9 Å². The zero-order chi connectivity index (χ0) is 14.0. The van der Waals surface area contributed by atoms with Crippen molar-refractivity contribution in [2.24, 2.45) is 0 Å². The van der Waals surface area contributed by atoms with Gasteiger partial charge >= 0.3 is 6.03 Å². The van der Waals surface area contributed by atoms with Crippen LogP contribution in [0, 0.1) is 0 Å². The fraction of sp³-hybridized carbons (Fsp3) is 0.214. The molecule has 0 spiro atoms. The summed E-state index contributed by atoms with van der Waals surface area (Å²) < 4.78 is 0. The number of hydrogen-bond donors (Lipinski definition) is 2. The number of barbiturate groups is 1. The van der Waals surface area contributed by atoms with Gasteiger partial charge in [-0.3, -0.25) is 20.2 Å². The lowest BCUT2D eigenvalue weighted by atomic mass is 9.73. The molecule has 19 heavy (non-hydrogen) atoms. The molecule has 4 amide bonds. The molecule has 5 nitrogen and oxygen atoms in total. The van der Waals surface area contributed by atoms with E-state index in [4.69, 9.17) is 0 Å². The fourth-order valence-electron chi connectivity index (χ4n) is 2.25. The predicted octanol–water partition coefficient (Wildman–Crippen LogP) is 1.26. The molecular weight excluding hydrogens is 244 g/mol. The standard InChI is InChI=1S/C14H14N2O3/c1-9(2)8-14(10-6-4-3-5-7-10)11(17)15-13(19)16-12(14)18/h3-7H,1,8H2,2H3,(H2,15,16,17,18,19). The van der Waals surface area contributed by atoms with Crippen LogP contribution in [0.4, 0.5) is 4.79 Å². The van der Waals surface area contributed by atoms with E-state index < -0.39 is 23.3 Å². The van der Waals surface area contributed by atoms with Gasteiger partial charge in [0, 0.05) is 0 Å². The Morgan fingerprint density at radius 3 is 2.11 bits per heavy atom. The van der Waals surface area contributed by atoms with Gasteiger partial charge in [0.25, 0.3) is 0 Å². The second kappa shape index (κ2) is 4.68. The number of amides is 4. The van der Waals surface area contributed by atoms with Crippen molar-refractivity contribution in [3.05, 3.63) is 48.0 Å². The predicted molar refractivity (Wildman–Crippen MR) is 69.2 cm³/mol. The number of carbonyl (C=O) groups is 3. The summed E-state index contributed by atoms with van der Waals surface area (Å²) in [6.07, 6.45) is 0.155. The lowest BCUT2D eigenvalue weighted by molar-refractivity contribution is -0.138. The third-order valence-corrected chi connectivity index (χ3v) is 3.06. The van der Waals surface area contributed by atoms with Crippen molar-refractivity contribution in [3.8, 4) is 0 Å². The second-order valence-electron chi connectivity index (χ2n) is 4.64. The first kappa shape index (κ1) is 13.0. The van der Waals surface area contributed by atoms with E-state index in [1.165, 1.54) is 0 Å². The van der Waals surface area contributed by atoms with E-state index >= 15 is 0 Å². The molecule has 1 heterocycles. The average molecular weight is 258 g/mol. The number of rotatable bonds is 3. The molecule has 1 aromatic rings. The Morgan fingerprint density at radius 2 is 1.63 bits per heavy atom. The lowest BCUT2D eigenvalue weighted by Gasteiger charge is -2.34. The van der Waals surface area contributed by atoms with E-state index in [0.717, 1.165) is 0 Å². The maximum absolute atomic E-state index is 12.2. The van der Waals surface area contributed by atoms with Crippen LogP contribution in [0.15, 0.2) is 42.5 Å². The fourth-order valence-corrected chi connectivity index (χ4v) is 2.25. The number of hydrogen-bond acceptors (Lipinski definition) is 3. The van der Waals surface area contributed by atoms with E-state index in [0.29, 0.717) is 11.1 Å². The van der Waals surface area contributed by atoms with Crippen LogP contribution in [0.2, 0.25) is 0 Å². The van der Waals surface area contributed by atoms with E-state index in [1.54, 1.807) is 37.3 Å². The van der Waals surface area contributed by atoms with Gasteiger partial charge in [0.05, 0.1) is 0 Å². The zero-order valence-corrected chi connectivity index (χ0v) is 10.5. The Kier molecular flexibility index (Phi) is 3.21. The molecule has 0 aromatic heterocycles. The number of imide groups is 2. The zero-order valence-electron chi connectivity index (χ0n) is 10.5. The largest absolute Gasteiger partial charge is 0.328 e. The van der Waals surface area contributed by atoms with Crippen LogP contribution in [0.1, 0.15) is 18.9 Å². The minimum Gasteiger partial charge on any atom is -0.277 e. The van der Waals surface area contributed by atoms with Crippen molar-refractivity contribution >= 4 is 17.8 Å². The SMILES string of the molecule is C=C(C)CC1(c2ccccc2)C(=O)NC(=O)NC1=O. The molecule has 1 fully saturated rings. The molecule has 0 atom stereocenters. The number of allylic oxidation sites excluding steroid dienone is 1. The van der Waals surface area contributed by atoms with Crippen molar-refractivity contribution in [1.82, 2.24) is 10.6 Å². The minimum absolute atomic E-state index is 0.155. The van der Waals surface area contributed by atoms with Crippen molar-refractivity contribution < 1.29 is 14.4 Å². The van der Waals surface area contributed by atoms with Crippen LogP contribution in [0.3, 0.4) is 0 Å². The van der Waals surface area contributed by atoms with Crippen molar-refractivity contribution in [3.63, 3.8) is 0 Å². The van der Waals surface area contributed by atoms with Gasteiger partial charge in [-0.15, -0.1) is 6.58 Å². The molecule has 1 aliphatic heterocycles. The highest BCUT2D eigenvalue weighted by Gasteiger charge is 2.51. The quantitative estimate of drug-likeness (QED) is 0.633. The molecule has 1 aromatic carbocycles. The molecule has 1 aliphatic rings. The number of carbonyl (C=O) groups excluding carboxylic acids is 3. The highest BCUT2D eigenvalue weighted by atomic mass is 16.2. The van der Waals surface area contributed by atoms with Crippen LogP contribution in [0.5, 0.6) is 0 Å². The molecule has 5 heteroatoms. The van der Waals surface area contributed by atoms with Crippen LogP contribution in [-0.4, -0.2) is 17.8 Å². The highest BCUT2D eigenvalue weighted by Crippen LogP contribution is 2.33. The summed E-state index contributed by atoms with van der Waals surface area (Å²) in [5.41, 5.74) is -0.204. The Balaban J connectivity index is 2.57. The molecule has 0 unspecified atom stereocenters. The van der Waals surface area contributed by atoms with Crippen LogP contribution >= 0.6 is 0 Å². The third kappa shape index (κ3) is 2.14. The van der Waals surface area contributed by atoms with E-state index in [2.05, 4.69) is 17.2 Å². The normalized spacial score (nSPS) is 17.6. The van der Waals surface area contributed by atoms with Gasteiger partial charge < -0.3 is 0 Å². The van der Waals surface area contributed by atoms with Gasteiger partial charge in [0.2, 0.25) is 11.8 Å². The summed E-state index contributed by atoms with van der Waals surface area (Å²) in [6.45, 7) is 5.50. The summed E-state index contributed by atoms with van der Waals surface area (Å²) in [6, 6.07) is 7.87. The van der Waals surface area contributed by atoms with Crippen molar-refractivity contribution in [2.75, 3.05) is 0 Å². The minimum atomic E-state index is -1.43. The molecule has 0 saturated carbocycles. The van der Waals surface area contributed by atoms with Crippen molar-refractivity contribution in [1.29, 1.82) is 0 Å². The molecule has 2 N–H and O–H groups in total. The maximum Gasteiger partial charge on any atom is 0.328 e. The number of urea groups is 1. The first-order valence-corrected chi connectivity index (χ1v) is 5.83. The van der Waals surface area contributed by atoms with Crippen molar-refractivity contribution in [2.45, 2.75) is 18.8 Å². The highest BCUT2D eigenvalue weighted by molar-refractivity contribution is 6.23. The molecule has 1 saturated heterocycles. The molecular formula is C14H14N2O3. The topological polar surface area (TPSA) is 75.3 Å². The van der Waals surface area contributed by atoms with Gasteiger partial charge in [0.1, 0.15) is 0 Å². The first-order chi connectivity index (χ1) is 8.96. The Morgan fingerprint density at radius 1 is 1.11 bits per heavy atom. The maximum atomic E-state index is 12.2. The van der Waals surface area contributed by atoms with Gasteiger partial charge in [-0.2, -0.15) is 0 Å². The summed E-state index contributed by atoms with van der Waals surface area (Å²) in [7, 11) is 0. The summed E-state index contributed by atoms with van der Waals surface area (Å²) >= 11 is 0. The van der Waals surface area contributed by atoms with Crippen LogP contribution in [-0.2, 0) is 15.0 Å².